The van der Waals surface area contributed by atoms with Gasteiger partial charge in [0.2, 0.25) is 0 Å². The molecule has 2 aromatic carbocycles. The standard InChI is InChI=1S/C28H38N4O5S/c1-19(2)30-13-12-29-18-21-6-8-24(20(3)16-21)22-7-9-25-23(17-22)10-14-32(26(25)33)15-11-28(4,27(34)31-35)38(5,36)37/h6-10,14,16-17,19,29-30,35H,11-13,15,18H2,1-5H3,(H,31,34)/t28-/m1/s1. The molecule has 9 nitrogen and oxygen atoms in total. The van der Waals surface area contributed by atoms with Gasteiger partial charge in [0.05, 0.1) is 0 Å². The van der Waals surface area contributed by atoms with Gasteiger partial charge in [-0.3, -0.25) is 14.8 Å². The van der Waals surface area contributed by atoms with Crippen LogP contribution in [0.2, 0.25) is 0 Å². The van der Waals surface area contributed by atoms with Crippen LogP contribution in [-0.4, -0.2) is 54.2 Å². The number of hydrogen-bond donors (Lipinski definition) is 4. The number of rotatable bonds is 12. The number of hydroxylamine groups is 1. The highest BCUT2D eigenvalue weighted by molar-refractivity contribution is 7.92. The van der Waals surface area contributed by atoms with Gasteiger partial charge < -0.3 is 15.2 Å². The lowest BCUT2D eigenvalue weighted by Crippen LogP contribution is -2.49. The van der Waals surface area contributed by atoms with E-state index in [1.807, 2.05) is 18.2 Å². The van der Waals surface area contributed by atoms with Crippen LogP contribution in [0, 0.1) is 6.92 Å². The Hall–Kier alpha value is -3.05. The lowest BCUT2D eigenvalue weighted by atomic mass is 9.96. The number of carbonyl (C=O) groups excluding carboxylic acids is 1. The van der Waals surface area contributed by atoms with Crippen molar-refractivity contribution >= 4 is 26.5 Å². The van der Waals surface area contributed by atoms with E-state index in [1.165, 1.54) is 22.5 Å². The Bertz CT molecular complexity index is 1470. The average Bonchev–Trinajstić information content (AvgIpc) is 2.86. The highest BCUT2D eigenvalue weighted by Gasteiger charge is 2.43. The normalized spacial score (nSPS) is 13.6. The van der Waals surface area contributed by atoms with Gasteiger partial charge >= 0.3 is 0 Å². The Balaban J connectivity index is 1.78. The first kappa shape index (κ1) is 29.5. The molecule has 1 atom stereocenters. The summed E-state index contributed by atoms with van der Waals surface area (Å²) in [6.45, 7) is 10.2. The first-order valence-electron chi connectivity index (χ1n) is 12.7. The van der Waals surface area contributed by atoms with Crippen LogP contribution in [0.25, 0.3) is 21.9 Å². The van der Waals surface area contributed by atoms with Crippen LogP contribution < -0.4 is 21.7 Å². The van der Waals surface area contributed by atoms with Crippen LogP contribution in [0.4, 0.5) is 0 Å². The molecule has 0 saturated heterocycles. The van der Waals surface area contributed by atoms with E-state index in [0.717, 1.165) is 48.0 Å². The molecule has 0 aliphatic carbocycles. The quantitative estimate of drug-likeness (QED) is 0.157. The Morgan fingerprint density at radius 3 is 2.47 bits per heavy atom. The molecule has 0 aliphatic rings. The van der Waals surface area contributed by atoms with Crippen molar-refractivity contribution in [2.75, 3.05) is 19.3 Å². The van der Waals surface area contributed by atoms with Gasteiger partial charge in [0.1, 0.15) is 0 Å². The van der Waals surface area contributed by atoms with Gasteiger partial charge in [-0.25, -0.2) is 13.9 Å². The molecule has 0 radical (unpaired) electrons. The fourth-order valence-electron chi connectivity index (χ4n) is 4.39. The van der Waals surface area contributed by atoms with Gasteiger partial charge in [-0.1, -0.05) is 38.1 Å². The molecule has 0 spiro atoms. The Kier molecular flexibility index (Phi) is 9.48. The van der Waals surface area contributed by atoms with E-state index in [0.29, 0.717) is 11.4 Å². The van der Waals surface area contributed by atoms with Gasteiger partial charge in [0.25, 0.3) is 11.5 Å². The SMILES string of the molecule is Cc1cc(CNCCNC(C)C)ccc1-c1ccc2c(=O)n(CC[C@](C)(C(=O)NO)S(C)(=O)=O)ccc2c1. The zero-order valence-electron chi connectivity index (χ0n) is 22.7. The third-order valence-corrected chi connectivity index (χ3v) is 9.02. The number of sulfone groups is 1. The number of benzene rings is 2. The number of aromatic nitrogens is 1. The Morgan fingerprint density at radius 2 is 1.84 bits per heavy atom. The van der Waals surface area contributed by atoms with E-state index in [1.54, 1.807) is 12.3 Å². The zero-order chi connectivity index (χ0) is 28.1. The van der Waals surface area contributed by atoms with Crippen LogP contribution in [0.1, 0.15) is 38.3 Å². The van der Waals surface area contributed by atoms with Crippen LogP contribution in [0.5, 0.6) is 0 Å². The number of carbonyl (C=O) groups is 1. The molecule has 1 heterocycles. The van der Waals surface area contributed by atoms with Crippen LogP contribution in [0.3, 0.4) is 0 Å². The topological polar surface area (TPSA) is 130 Å². The number of nitrogens with one attached hydrogen (secondary N) is 3. The van der Waals surface area contributed by atoms with E-state index in [2.05, 4.69) is 49.6 Å². The summed E-state index contributed by atoms with van der Waals surface area (Å²) in [6, 6.07) is 14.3. The molecule has 206 valence electrons. The van der Waals surface area contributed by atoms with Crippen LogP contribution >= 0.6 is 0 Å². The largest absolute Gasteiger partial charge is 0.315 e. The molecule has 0 unspecified atom stereocenters. The molecule has 0 aliphatic heterocycles. The second kappa shape index (κ2) is 12.2. The van der Waals surface area contributed by atoms with Gasteiger partial charge in [-0.05, 0) is 66.1 Å². The highest BCUT2D eigenvalue weighted by atomic mass is 32.2. The summed E-state index contributed by atoms with van der Waals surface area (Å²) >= 11 is 0. The number of fused-ring (bicyclic) bond motifs is 1. The van der Waals surface area contributed by atoms with Crippen molar-refractivity contribution in [2.24, 2.45) is 0 Å². The monoisotopic (exact) mass is 542 g/mol. The van der Waals surface area contributed by atoms with Crippen LogP contribution in [-0.2, 0) is 27.7 Å². The molecular formula is C28H38N4O5S. The predicted molar refractivity (Wildman–Crippen MR) is 151 cm³/mol. The maximum atomic E-state index is 13.1. The number of aryl methyl sites for hydroxylation is 2. The highest BCUT2D eigenvalue weighted by Crippen LogP contribution is 2.27. The minimum atomic E-state index is -3.85. The molecule has 0 bridgehead atoms. The minimum Gasteiger partial charge on any atom is -0.315 e. The lowest BCUT2D eigenvalue weighted by molar-refractivity contribution is -0.131. The van der Waals surface area contributed by atoms with E-state index >= 15 is 0 Å². The van der Waals surface area contributed by atoms with Crippen molar-refractivity contribution in [3.63, 3.8) is 0 Å². The fraction of sp³-hybridized carbons (Fsp3) is 0.429. The molecular weight excluding hydrogens is 504 g/mol. The van der Waals surface area contributed by atoms with Gasteiger partial charge in [0.15, 0.2) is 14.6 Å². The third kappa shape index (κ3) is 6.68. The summed E-state index contributed by atoms with van der Waals surface area (Å²) in [5.74, 6) is -1.03. The molecule has 3 aromatic rings. The maximum Gasteiger partial charge on any atom is 0.264 e. The predicted octanol–water partition coefficient (Wildman–Crippen LogP) is 2.76. The maximum absolute atomic E-state index is 13.1. The average molecular weight is 543 g/mol. The lowest BCUT2D eigenvalue weighted by Gasteiger charge is -2.25. The van der Waals surface area contributed by atoms with E-state index in [9.17, 15) is 18.0 Å². The summed E-state index contributed by atoms with van der Waals surface area (Å²) in [5, 5.41) is 17.1. The van der Waals surface area contributed by atoms with Gasteiger partial charge in [0, 0.05) is 50.1 Å². The van der Waals surface area contributed by atoms with Crippen molar-refractivity contribution in [1.29, 1.82) is 0 Å². The number of nitrogens with zero attached hydrogens (tertiary/aromatic N) is 1. The van der Waals surface area contributed by atoms with Crippen molar-refractivity contribution in [1.82, 2.24) is 20.7 Å². The van der Waals surface area contributed by atoms with E-state index in [4.69, 9.17) is 5.21 Å². The minimum absolute atomic E-state index is 0.00431. The first-order chi connectivity index (χ1) is 17.9. The van der Waals surface area contributed by atoms with E-state index < -0.39 is 20.5 Å². The Morgan fingerprint density at radius 1 is 1.11 bits per heavy atom. The second-order valence-corrected chi connectivity index (χ2v) is 12.7. The number of hydrogen-bond acceptors (Lipinski definition) is 7. The summed E-state index contributed by atoms with van der Waals surface area (Å²) < 4.78 is 24.0. The number of pyridine rings is 1. The van der Waals surface area contributed by atoms with Crippen molar-refractivity contribution < 1.29 is 18.4 Å². The smallest absolute Gasteiger partial charge is 0.264 e. The van der Waals surface area contributed by atoms with Crippen molar-refractivity contribution in [3.05, 3.63) is 70.1 Å². The molecule has 0 fully saturated rings. The van der Waals surface area contributed by atoms with Crippen molar-refractivity contribution in [2.45, 2.75) is 58.0 Å². The molecule has 1 aromatic heterocycles. The van der Waals surface area contributed by atoms with Gasteiger partial charge in [-0.15, -0.1) is 0 Å². The van der Waals surface area contributed by atoms with E-state index in [-0.39, 0.29) is 18.5 Å². The van der Waals surface area contributed by atoms with Crippen LogP contribution in [0.15, 0.2) is 53.5 Å². The molecule has 38 heavy (non-hydrogen) atoms. The molecule has 4 N–H and O–H groups in total. The zero-order valence-corrected chi connectivity index (χ0v) is 23.5. The van der Waals surface area contributed by atoms with Crippen molar-refractivity contribution in [3.8, 4) is 11.1 Å². The third-order valence-electron chi connectivity index (χ3n) is 6.99. The summed E-state index contributed by atoms with van der Waals surface area (Å²) in [4.78, 5) is 25.2. The summed E-state index contributed by atoms with van der Waals surface area (Å²) in [6.07, 6.45) is 2.36. The summed E-state index contributed by atoms with van der Waals surface area (Å²) in [7, 11) is -3.85. The first-order valence-corrected chi connectivity index (χ1v) is 14.6. The Labute approximate surface area is 224 Å². The fourth-order valence-corrected chi connectivity index (χ4v) is 5.24. The molecule has 0 saturated carbocycles. The number of amides is 1. The molecule has 1 amide bonds. The molecule has 10 heteroatoms. The molecule has 3 rings (SSSR count). The summed E-state index contributed by atoms with van der Waals surface area (Å²) in [5.41, 5.74) is 5.57. The van der Waals surface area contributed by atoms with Gasteiger partial charge in [-0.2, -0.15) is 0 Å². The second-order valence-electron chi connectivity index (χ2n) is 10.2.